The van der Waals surface area contributed by atoms with E-state index in [2.05, 4.69) is 5.32 Å². The molecule has 0 aliphatic rings. The average molecular weight is 244 g/mol. The number of hydrogen-bond acceptors (Lipinski definition) is 3. The van der Waals surface area contributed by atoms with Crippen molar-refractivity contribution in [1.29, 1.82) is 0 Å². The molecule has 0 aromatic heterocycles. The van der Waals surface area contributed by atoms with Crippen molar-refractivity contribution in [2.75, 3.05) is 11.1 Å². The molecule has 0 radical (unpaired) electrons. The third kappa shape index (κ3) is 5.55. The summed E-state index contributed by atoms with van der Waals surface area (Å²) in [5, 5.41) is 10.7. The second-order valence-corrected chi connectivity index (χ2v) is 3.64. The summed E-state index contributed by atoms with van der Waals surface area (Å²) < 4.78 is 0. The van der Waals surface area contributed by atoms with Crippen molar-refractivity contribution in [3.8, 4) is 0 Å². The molecule has 2 rings (SSSR count). The summed E-state index contributed by atoms with van der Waals surface area (Å²) in [5.41, 5.74) is 8.52. The molecule has 0 fully saturated rings. The van der Waals surface area contributed by atoms with Crippen LogP contribution in [0.1, 0.15) is 6.92 Å². The number of benzene rings is 2. The van der Waals surface area contributed by atoms with E-state index in [1.165, 1.54) is 0 Å². The van der Waals surface area contributed by atoms with Crippen molar-refractivity contribution in [3.63, 3.8) is 0 Å². The molecule has 0 saturated heterocycles. The van der Waals surface area contributed by atoms with E-state index in [9.17, 15) is 0 Å². The van der Waals surface area contributed by atoms with Gasteiger partial charge in [-0.3, -0.25) is 4.79 Å². The third-order valence-corrected chi connectivity index (χ3v) is 1.95. The molecule has 0 atom stereocenters. The number of carbonyl (C=O) groups is 1. The molecule has 0 bridgehead atoms. The van der Waals surface area contributed by atoms with E-state index < -0.39 is 5.97 Å². The Bertz CT molecular complexity index is 494. The summed E-state index contributed by atoms with van der Waals surface area (Å²) in [6, 6.07) is 17.7. The van der Waals surface area contributed by atoms with Gasteiger partial charge in [-0.15, -0.1) is 0 Å². The number of nitrogens with two attached hydrogens (primary N) is 1. The van der Waals surface area contributed by atoms with Crippen molar-refractivity contribution in [3.05, 3.63) is 54.6 Å². The maximum Gasteiger partial charge on any atom is 0.300 e. The number of nitrogens with one attached hydrogen (secondary N) is 1. The Morgan fingerprint density at radius 2 is 1.61 bits per heavy atom. The molecule has 0 saturated carbocycles. The van der Waals surface area contributed by atoms with E-state index in [1.54, 1.807) is 0 Å². The van der Waals surface area contributed by atoms with E-state index in [1.807, 2.05) is 54.6 Å². The van der Waals surface area contributed by atoms with Gasteiger partial charge in [0.25, 0.3) is 5.97 Å². The van der Waals surface area contributed by atoms with Crippen LogP contribution < -0.4 is 11.1 Å². The largest absolute Gasteiger partial charge is 0.481 e. The topological polar surface area (TPSA) is 75.3 Å². The Hall–Kier alpha value is -2.49. The number of hydrogen-bond donors (Lipinski definition) is 3. The summed E-state index contributed by atoms with van der Waals surface area (Å²) in [5.74, 6) is -0.833. The minimum atomic E-state index is -0.833. The Morgan fingerprint density at radius 1 is 1.06 bits per heavy atom. The highest BCUT2D eigenvalue weighted by Gasteiger charge is 1.92. The number of anilines is 3. The first-order valence-electron chi connectivity index (χ1n) is 5.45. The molecule has 2 aromatic carbocycles. The van der Waals surface area contributed by atoms with Gasteiger partial charge in [-0.1, -0.05) is 24.3 Å². The first-order chi connectivity index (χ1) is 8.58. The lowest BCUT2D eigenvalue weighted by atomic mass is 10.2. The van der Waals surface area contributed by atoms with Crippen LogP contribution in [0.2, 0.25) is 0 Å². The van der Waals surface area contributed by atoms with Crippen LogP contribution in [0.25, 0.3) is 0 Å². The van der Waals surface area contributed by atoms with E-state index >= 15 is 0 Å². The highest BCUT2D eigenvalue weighted by Crippen LogP contribution is 2.17. The second-order valence-electron chi connectivity index (χ2n) is 3.64. The Labute approximate surface area is 106 Å². The van der Waals surface area contributed by atoms with Gasteiger partial charge in [-0.2, -0.15) is 0 Å². The maximum absolute atomic E-state index is 9.00. The van der Waals surface area contributed by atoms with Crippen LogP contribution in [0, 0.1) is 0 Å². The minimum Gasteiger partial charge on any atom is -0.481 e. The lowest BCUT2D eigenvalue weighted by Crippen LogP contribution is -1.91. The summed E-state index contributed by atoms with van der Waals surface area (Å²) in [6.45, 7) is 1.08. The molecule has 94 valence electrons. The fourth-order valence-electron chi connectivity index (χ4n) is 1.30. The van der Waals surface area contributed by atoms with Crippen molar-refractivity contribution in [2.24, 2.45) is 0 Å². The standard InChI is InChI=1S/C12H12N2.C2H4O2/c13-10-5-4-8-12(9-10)14-11-6-2-1-3-7-11;1-2(3)4/h1-9,14H,13H2;1H3,(H,3,4). The smallest absolute Gasteiger partial charge is 0.300 e. The van der Waals surface area contributed by atoms with E-state index in [4.69, 9.17) is 15.6 Å². The van der Waals surface area contributed by atoms with Crippen LogP contribution in [-0.4, -0.2) is 11.1 Å². The zero-order valence-corrected chi connectivity index (χ0v) is 10.1. The van der Waals surface area contributed by atoms with Crippen LogP contribution in [0.5, 0.6) is 0 Å². The van der Waals surface area contributed by atoms with Crippen molar-refractivity contribution in [2.45, 2.75) is 6.92 Å². The Morgan fingerprint density at radius 3 is 2.17 bits per heavy atom. The molecule has 18 heavy (non-hydrogen) atoms. The highest BCUT2D eigenvalue weighted by atomic mass is 16.4. The predicted molar refractivity (Wildman–Crippen MR) is 73.9 cm³/mol. The van der Waals surface area contributed by atoms with Gasteiger partial charge in [0.2, 0.25) is 0 Å². The molecule has 0 heterocycles. The molecule has 4 nitrogen and oxygen atoms in total. The quantitative estimate of drug-likeness (QED) is 0.709. The molecule has 0 aliphatic carbocycles. The second kappa shape index (κ2) is 6.96. The zero-order valence-electron chi connectivity index (χ0n) is 10.1. The van der Waals surface area contributed by atoms with Gasteiger partial charge in [0, 0.05) is 24.0 Å². The predicted octanol–water partition coefficient (Wildman–Crippen LogP) is 3.10. The number of carboxylic acids is 1. The number of aliphatic carboxylic acids is 1. The van der Waals surface area contributed by atoms with Crippen molar-refractivity contribution in [1.82, 2.24) is 0 Å². The van der Waals surface area contributed by atoms with Gasteiger partial charge in [0.15, 0.2) is 0 Å². The number of rotatable bonds is 2. The van der Waals surface area contributed by atoms with Crippen molar-refractivity contribution < 1.29 is 9.90 Å². The highest BCUT2D eigenvalue weighted by molar-refractivity contribution is 5.63. The summed E-state index contributed by atoms with van der Waals surface area (Å²) in [4.78, 5) is 9.00. The first kappa shape index (κ1) is 13.6. The number of nitrogen functional groups attached to an aromatic ring is 1. The van der Waals surface area contributed by atoms with Crippen LogP contribution >= 0.6 is 0 Å². The third-order valence-electron chi connectivity index (χ3n) is 1.95. The van der Waals surface area contributed by atoms with Crippen LogP contribution in [0.4, 0.5) is 17.1 Å². The Balaban J connectivity index is 0.000000357. The fourth-order valence-corrected chi connectivity index (χ4v) is 1.30. The van der Waals surface area contributed by atoms with Gasteiger partial charge >= 0.3 is 0 Å². The van der Waals surface area contributed by atoms with Gasteiger partial charge in [0.05, 0.1) is 0 Å². The van der Waals surface area contributed by atoms with E-state index in [-0.39, 0.29) is 0 Å². The summed E-state index contributed by atoms with van der Waals surface area (Å²) in [7, 11) is 0. The average Bonchev–Trinajstić information content (AvgIpc) is 2.29. The number of para-hydroxylation sites is 1. The molecule has 0 amide bonds. The number of carboxylic acid groups (broad SMARTS) is 1. The van der Waals surface area contributed by atoms with Gasteiger partial charge < -0.3 is 16.2 Å². The van der Waals surface area contributed by atoms with Crippen molar-refractivity contribution >= 4 is 23.0 Å². The molecule has 4 N–H and O–H groups in total. The molecule has 0 unspecified atom stereocenters. The zero-order chi connectivity index (χ0) is 13.4. The SMILES string of the molecule is CC(=O)O.Nc1cccc(Nc2ccccc2)c1. The molecule has 2 aromatic rings. The van der Waals surface area contributed by atoms with E-state index in [0.29, 0.717) is 0 Å². The van der Waals surface area contributed by atoms with Gasteiger partial charge in [-0.05, 0) is 30.3 Å². The molecule has 0 aliphatic heterocycles. The fraction of sp³-hybridized carbons (Fsp3) is 0.0714. The monoisotopic (exact) mass is 244 g/mol. The lowest BCUT2D eigenvalue weighted by Gasteiger charge is -2.06. The van der Waals surface area contributed by atoms with Gasteiger partial charge in [0.1, 0.15) is 0 Å². The van der Waals surface area contributed by atoms with Crippen LogP contribution in [-0.2, 0) is 4.79 Å². The Kier molecular flexibility index (Phi) is 5.25. The van der Waals surface area contributed by atoms with Crippen LogP contribution in [0.3, 0.4) is 0 Å². The first-order valence-corrected chi connectivity index (χ1v) is 5.45. The molecular weight excluding hydrogens is 228 g/mol. The minimum absolute atomic E-state index is 0.769. The normalized spacial score (nSPS) is 8.94. The van der Waals surface area contributed by atoms with Crippen LogP contribution in [0.15, 0.2) is 54.6 Å². The van der Waals surface area contributed by atoms with E-state index in [0.717, 1.165) is 24.0 Å². The molecule has 0 spiro atoms. The van der Waals surface area contributed by atoms with Gasteiger partial charge in [-0.25, -0.2) is 0 Å². The molecule has 4 heteroatoms. The lowest BCUT2D eigenvalue weighted by molar-refractivity contribution is -0.134. The summed E-state index contributed by atoms with van der Waals surface area (Å²) >= 11 is 0. The maximum atomic E-state index is 9.00. The molecular formula is C14H16N2O2. The summed E-state index contributed by atoms with van der Waals surface area (Å²) in [6.07, 6.45) is 0.